The Morgan fingerprint density at radius 1 is 1.04 bits per heavy atom. The van der Waals surface area contributed by atoms with Crippen molar-refractivity contribution in [2.24, 2.45) is 0 Å². The number of carbonyl (C=O) groups excluding carboxylic acids is 1. The summed E-state index contributed by atoms with van der Waals surface area (Å²) in [6, 6.07) is 17.7. The number of Topliss-reactive ketones (excluding diaryl/α,β-unsaturated/α-hetero) is 1. The highest BCUT2D eigenvalue weighted by molar-refractivity contribution is 6.10. The maximum absolute atomic E-state index is 13.6. The van der Waals surface area contributed by atoms with Crippen molar-refractivity contribution < 1.29 is 9.53 Å². The molecule has 1 aromatic heterocycles. The quantitative estimate of drug-likeness (QED) is 0.719. The summed E-state index contributed by atoms with van der Waals surface area (Å²) >= 11 is 0. The first-order valence-electron chi connectivity index (χ1n) is 9.18. The van der Waals surface area contributed by atoms with Crippen molar-refractivity contribution >= 4 is 16.7 Å². The Morgan fingerprint density at radius 2 is 1.69 bits per heavy atom. The van der Waals surface area contributed by atoms with Gasteiger partial charge in [0.1, 0.15) is 0 Å². The van der Waals surface area contributed by atoms with E-state index in [-0.39, 0.29) is 24.0 Å². The minimum atomic E-state index is -0.302. The number of hydrogen-bond donors (Lipinski definition) is 1. The van der Waals surface area contributed by atoms with E-state index in [1.165, 1.54) is 0 Å². The number of carbonyl (C=O) groups is 1. The molecule has 0 unspecified atom stereocenters. The number of rotatable bonds is 4. The van der Waals surface area contributed by atoms with Gasteiger partial charge in [0.15, 0.2) is 5.78 Å². The van der Waals surface area contributed by atoms with Gasteiger partial charge in [0, 0.05) is 35.8 Å². The third-order valence-electron chi connectivity index (χ3n) is 5.03. The topological polar surface area (TPSA) is 45.3 Å². The molecule has 1 fully saturated rings. The molecular formula is C22H24N2O2. The van der Waals surface area contributed by atoms with Gasteiger partial charge >= 0.3 is 0 Å². The van der Waals surface area contributed by atoms with Crippen LogP contribution in [0.2, 0.25) is 0 Å². The molecule has 1 saturated heterocycles. The summed E-state index contributed by atoms with van der Waals surface area (Å²) in [5, 5.41) is 0.979. The molecule has 0 amide bonds. The molecule has 1 N–H and O–H groups in total. The van der Waals surface area contributed by atoms with Gasteiger partial charge in [-0.05, 0) is 25.5 Å². The molecule has 0 bridgehead atoms. The van der Waals surface area contributed by atoms with Crippen LogP contribution in [0.1, 0.15) is 35.8 Å². The molecule has 4 heteroatoms. The lowest BCUT2D eigenvalue weighted by Crippen LogP contribution is -2.48. The first-order chi connectivity index (χ1) is 12.6. The van der Waals surface area contributed by atoms with Crippen molar-refractivity contribution in [1.82, 2.24) is 9.88 Å². The van der Waals surface area contributed by atoms with Crippen LogP contribution in [0.15, 0.2) is 60.8 Å². The zero-order chi connectivity index (χ0) is 18.1. The predicted molar refractivity (Wildman–Crippen MR) is 103 cm³/mol. The molecule has 3 atom stereocenters. The molecule has 2 aromatic carbocycles. The Balaban J connectivity index is 1.76. The number of morpholine rings is 1. The van der Waals surface area contributed by atoms with Gasteiger partial charge in [0.2, 0.25) is 0 Å². The summed E-state index contributed by atoms with van der Waals surface area (Å²) in [6.07, 6.45) is 2.07. The number of hydrogen-bond acceptors (Lipinski definition) is 3. The van der Waals surface area contributed by atoms with Gasteiger partial charge < -0.3 is 9.72 Å². The number of nitrogens with zero attached hydrogens (tertiary/aromatic N) is 1. The van der Waals surface area contributed by atoms with Gasteiger partial charge in [0.05, 0.1) is 18.2 Å². The number of aromatic nitrogens is 1. The Morgan fingerprint density at radius 3 is 2.42 bits per heavy atom. The second-order valence-electron chi connectivity index (χ2n) is 7.14. The highest BCUT2D eigenvalue weighted by Gasteiger charge is 2.34. The van der Waals surface area contributed by atoms with Gasteiger partial charge in [-0.1, -0.05) is 48.5 Å². The van der Waals surface area contributed by atoms with Crippen LogP contribution in [0.3, 0.4) is 0 Å². The lowest BCUT2D eigenvalue weighted by Gasteiger charge is -2.39. The van der Waals surface area contributed by atoms with Crippen molar-refractivity contribution in [3.8, 4) is 0 Å². The van der Waals surface area contributed by atoms with Crippen LogP contribution in [0.5, 0.6) is 0 Å². The molecule has 4 rings (SSSR count). The predicted octanol–water partition coefficient (Wildman–Crippen LogP) is 4.20. The molecule has 3 aromatic rings. The molecule has 0 radical (unpaired) electrons. The van der Waals surface area contributed by atoms with Gasteiger partial charge in [0.25, 0.3) is 0 Å². The summed E-state index contributed by atoms with van der Waals surface area (Å²) in [6.45, 7) is 5.64. The summed E-state index contributed by atoms with van der Waals surface area (Å²) in [7, 11) is 0. The van der Waals surface area contributed by atoms with E-state index in [1.807, 2.05) is 60.8 Å². The van der Waals surface area contributed by atoms with Crippen LogP contribution in [0.4, 0.5) is 0 Å². The largest absolute Gasteiger partial charge is 0.373 e. The molecule has 134 valence electrons. The number of para-hydroxylation sites is 1. The molecule has 0 spiro atoms. The van der Waals surface area contributed by atoms with Crippen LogP contribution in [0.25, 0.3) is 10.9 Å². The van der Waals surface area contributed by atoms with Crippen LogP contribution in [0, 0.1) is 0 Å². The fraction of sp³-hybridized carbons (Fsp3) is 0.318. The lowest BCUT2D eigenvalue weighted by atomic mass is 9.94. The number of nitrogens with one attached hydrogen (secondary N) is 1. The lowest BCUT2D eigenvalue weighted by molar-refractivity contribution is -0.0766. The van der Waals surface area contributed by atoms with Crippen LogP contribution >= 0.6 is 0 Å². The van der Waals surface area contributed by atoms with Crippen molar-refractivity contribution in [3.63, 3.8) is 0 Å². The molecule has 1 aliphatic heterocycles. The van der Waals surface area contributed by atoms with Crippen LogP contribution in [-0.2, 0) is 4.74 Å². The number of ketones is 1. The monoisotopic (exact) mass is 348 g/mol. The van der Waals surface area contributed by atoms with Gasteiger partial charge in [-0.25, -0.2) is 0 Å². The standard InChI is InChI=1S/C22H24N2O2/c1-15-13-24(14-16(2)26-15)21(17-8-4-3-5-9-17)22(25)19-12-23-20-11-7-6-10-18(19)20/h3-12,15-16,21,23H,13-14H2,1-2H3/t15-,16-,21+/m1/s1. The second kappa shape index (κ2) is 7.06. The average molecular weight is 348 g/mol. The SMILES string of the molecule is C[C@@H]1CN([C@H](C(=O)c2c[nH]c3ccccc23)c2ccccc2)C[C@@H](C)O1. The minimum Gasteiger partial charge on any atom is -0.373 e. The third kappa shape index (κ3) is 3.18. The third-order valence-corrected chi connectivity index (χ3v) is 5.03. The van der Waals surface area contributed by atoms with Crippen molar-refractivity contribution in [2.45, 2.75) is 32.1 Å². The van der Waals surface area contributed by atoms with E-state index in [2.05, 4.69) is 23.7 Å². The van der Waals surface area contributed by atoms with Crippen molar-refractivity contribution in [2.75, 3.05) is 13.1 Å². The minimum absolute atomic E-state index is 0.112. The van der Waals surface area contributed by atoms with E-state index >= 15 is 0 Å². The molecular weight excluding hydrogens is 324 g/mol. The van der Waals surface area contributed by atoms with Gasteiger partial charge in [-0.2, -0.15) is 0 Å². The highest BCUT2D eigenvalue weighted by atomic mass is 16.5. The molecule has 0 saturated carbocycles. The molecule has 1 aliphatic rings. The normalized spacial score (nSPS) is 22.4. The first kappa shape index (κ1) is 17.0. The smallest absolute Gasteiger partial charge is 0.186 e. The Hall–Kier alpha value is -2.43. The molecule has 4 nitrogen and oxygen atoms in total. The molecule has 26 heavy (non-hydrogen) atoms. The van der Waals surface area contributed by atoms with Crippen LogP contribution < -0.4 is 0 Å². The van der Waals surface area contributed by atoms with E-state index in [1.54, 1.807) is 0 Å². The summed E-state index contributed by atoms with van der Waals surface area (Å²) in [5.41, 5.74) is 2.77. The van der Waals surface area contributed by atoms with Crippen molar-refractivity contribution in [1.29, 1.82) is 0 Å². The molecule has 0 aliphatic carbocycles. The van der Waals surface area contributed by atoms with Gasteiger partial charge in [-0.15, -0.1) is 0 Å². The van der Waals surface area contributed by atoms with E-state index in [4.69, 9.17) is 4.74 Å². The number of H-pyrrole nitrogens is 1. The fourth-order valence-corrected chi connectivity index (χ4v) is 4.01. The zero-order valence-corrected chi connectivity index (χ0v) is 15.2. The summed E-state index contributed by atoms with van der Waals surface area (Å²) in [5.74, 6) is 0.134. The average Bonchev–Trinajstić information content (AvgIpc) is 3.06. The Kier molecular flexibility index (Phi) is 4.62. The molecule has 2 heterocycles. The Bertz CT molecular complexity index is 893. The summed E-state index contributed by atoms with van der Waals surface area (Å²) < 4.78 is 5.88. The van der Waals surface area contributed by atoms with E-state index < -0.39 is 0 Å². The van der Waals surface area contributed by atoms with Crippen molar-refractivity contribution in [3.05, 3.63) is 71.9 Å². The highest BCUT2D eigenvalue weighted by Crippen LogP contribution is 2.31. The van der Waals surface area contributed by atoms with Crippen LogP contribution in [-0.4, -0.2) is 41.0 Å². The maximum Gasteiger partial charge on any atom is 0.186 e. The first-order valence-corrected chi connectivity index (χ1v) is 9.18. The number of benzene rings is 2. The van der Waals surface area contributed by atoms with Gasteiger partial charge in [-0.3, -0.25) is 9.69 Å². The van der Waals surface area contributed by atoms with E-state index in [0.29, 0.717) is 0 Å². The maximum atomic E-state index is 13.6. The van der Waals surface area contributed by atoms with E-state index in [0.717, 1.165) is 35.1 Å². The number of ether oxygens (including phenoxy) is 1. The second-order valence-corrected chi connectivity index (χ2v) is 7.14. The number of aromatic amines is 1. The Labute approximate surface area is 153 Å². The zero-order valence-electron chi connectivity index (χ0n) is 15.2. The fourth-order valence-electron chi connectivity index (χ4n) is 4.01. The number of fused-ring (bicyclic) bond motifs is 1. The van der Waals surface area contributed by atoms with E-state index in [9.17, 15) is 4.79 Å². The summed E-state index contributed by atoms with van der Waals surface area (Å²) in [4.78, 5) is 19.1.